The van der Waals surface area contributed by atoms with Gasteiger partial charge >= 0.3 is 0 Å². The average Bonchev–Trinajstić information content (AvgIpc) is 1.72. The predicted octanol–water partition coefficient (Wildman–Crippen LogP) is 3.39. The zero-order valence-electron chi connectivity index (χ0n) is 7.00. The molecule has 0 N–H and O–H groups in total. The summed E-state index contributed by atoms with van der Waals surface area (Å²) in [7, 11) is 0. The summed E-state index contributed by atoms with van der Waals surface area (Å²) in [6, 6.07) is 0. The Morgan fingerprint density at radius 1 is 0.625 bits per heavy atom. The molecular weight excluding hydrogens is 96.1 g/mol. The van der Waals surface area contributed by atoms with E-state index in [1.54, 1.807) is 0 Å². The van der Waals surface area contributed by atoms with E-state index in [0.717, 1.165) is 0 Å². The molecule has 0 nitrogen and oxygen atoms in total. The summed E-state index contributed by atoms with van der Waals surface area (Å²) in [5.41, 5.74) is 2.85. The van der Waals surface area contributed by atoms with Gasteiger partial charge in [0.15, 0.2) is 0 Å². The molecule has 0 heteroatoms. The highest BCUT2D eigenvalue weighted by Crippen LogP contribution is 1.96. The lowest BCUT2D eigenvalue weighted by Gasteiger charge is -1.88. The number of hydrogen-bond acceptors (Lipinski definition) is 0. The molecule has 0 aliphatic rings. The molecule has 0 aliphatic carbocycles. The quantitative estimate of drug-likeness (QED) is 0.423. The standard InChI is InChI=1S/C6H12.C2H6/c1-5(2)6(3)4;1-2/h1-4H3;1-2H3. The third kappa shape index (κ3) is 9.22. The fourth-order valence-electron chi connectivity index (χ4n) is 0. The van der Waals surface area contributed by atoms with Gasteiger partial charge in [0, 0.05) is 0 Å². The molecule has 0 atom stereocenters. The van der Waals surface area contributed by atoms with Crippen molar-refractivity contribution < 1.29 is 0 Å². The average molecular weight is 114 g/mol. The van der Waals surface area contributed by atoms with Crippen molar-refractivity contribution in [3.05, 3.63) is 11.1 Å². The highest BCUT2D eigenvalue weighted by molar-refractivity contribution is 5.02. The highest BCUT2D eigenvalue weighted by Gasteiger charge is 1.75. The van der Waals surface area contributed by atoms with Crippen LogP contribution in [0.4, 0.5) is 0 Å². The molecule has 0 saturated heterocycles. The first-order valence-corrected chi connectivity index (χ1v) is 3.25. The van der Waals surface area contributed by atoms with Gasteiger partial charge in [0.1, 0.15) is 0 Å². The molecule has 0 aliphatic heterocycles. The van der Waals surface area contributed by atoms with Crippen LogP contribution in [0.3, 0.4) is 0 Å². The van der Waals surface area contributed by atoms with E-state index in [4.69, 9.17) is 0 Å². The Kier molecular flexibility index (Phi) is 8.99. The summed E-state index contributed by atoms with van der Waals surface area (Å²) in [6.07, 6.45) is 0. The monoisotopic (exact) mass is 114 g/mol. The van der Waals surface area contributed by atoms with E-state index in [1.165, 1.54) is 11.1 Å². The maximum absolute atomic E-state index is 2.12. The van der Waals surface area contributed by atoms with Crippen molar-refractivity contribution in [2.75, 3.05) is 0 Å². The minimum absolute atomic E-state index is 1.43. The molecule has 50 valence electrons. The van der Waals surface area contributed by atoms with Gasteiger partial charge in [0.05, 0.1) is 0 Å². The Bertz CT molecular complexity index is 50.1. The van der Waals surface area contributed by atoms with Crippen molar-refractivity contribution in [3.8, 4) is 0 Å². The third-order valence-corrected chi connectivity index (χ3v) is 1.00. The summed E-state index contributed by atoms with van der Waals surface area (Å²) in [5.74, 6) is 0. The van der Waals surface area contributed by atoms with E-state index in [9.17, 15) is 0 Å². The Morgan fingerprint density at radius 2 is 0.750 bits per heavy atom. The molecule has 0 saturated carbocycles. The topological polar surface area (TPSA) is 0 Å². The van der Waals surface area contributed by atoms with Gasteiger partial charge in [-0.05, 0) is 27.7 Å². The second-order valence-electron chi connectivity index (χ2n) is 2.00. The molecule has 0 aromatic heterocycles. The summed E-state index contributed by atoms with van der Waals surface area (Å²) < 4.78 is 0. The van der Waals surface area contributed by atoms with Crippen LogP contribution < -0.4 is 0 Å². The van der Waals surface area contributed by atoms with Gasteiger partial charge in [-0.1, -0.05) is 25.0 Å². The third-order valence-electron chi connectivity index (χ3n) is 1.00. The summed E-state index contributed by atoms with van der Waals surface area (Å²) in [5, 5.41) is 0. The summed E-state index contributed by atoms with van der Waals surface area (Å²) in [6.45, 7) is 12.5. The second kappa shape index (κ2) is 6.74. The van der Waals surface area contributed by atoms with E-state index >= 15 is 0 Å². The van der Waals surface area contributed by atoms with E-state index < -0.39 is 0 Å². The fraction of sp³-hybridized carbons (Fsp3) is 0.750. The molecule has 0 bridgehead atoms. The number of rotatable bonds is 0. The molecule has 0 unspecified atom stereocenters. The molecule has 0 amide bonds. The van der Waals surface area contributed by atoms with Crippen LogP contribution in [0.25, 0.3) is 0 Å². The number of allylic oxidation sites excluding steroid dienone is 2. The van der Waals surface area contributed by atoms with Crippen LogP contribution in [0.5, 0.6) is 0 Å². The lowest BCUT2D eigenvalue weighted by Crippen LogP contribution is -1.66. The van der Waals surface area contributed by atoms with Gasteiger partial charge in [0.2, 0.25) is 0 Å². The first-order valence-electron chi connectivity index (χ1n) is 3.25. The van der Waals surface area contributed by atoms with Crippen LogP contribution >= 0.6 is 0 Å². The second-order valence-corrected chi connectivity index (χ2v) is 2.00. The smallest absolute Gasteiger partial charge is 0.0440 e. The normalized spacial score (nSPS) is 6.75. The van der Waals surface area contributed by atoms with Gasteiger partial charge in [-0.15, -0.1) is 0 Å². The Hall–Kier alpha value is -0.260. The first-order chi connectivity index (χ1) is 3.64. The molecule has 0 heterocycles. The van der Waals surface area contributed by atoms with Crippen molar-refractivity contribution >= 4 is 0 Å². The van der Waals surface area contributed by atoms with Crippen molar-refractivity contribution in [3.63, 3.8) is 0 Å². The maximum Gasteiger partial charge on any atom is -0.0440 e. The molecule has 0 radical (unpaired) electrons. The Balaban J connectivity index is 0. The largest absolute Gasteiger partial charge is 0.0778 e. The van der Waals surface area contributed by atoms with Crippen molar-refractivity contribution in [1.82, 2.24) is 0 Å². The van der Waals surface area contributed by atoms with Crippen LogP contribution in [-0.4, -0.2) is 0 Å². The van der Waals surface area contributed by atoms with Crippen LogP contribution in [0.2, 0.25) is 0 Å². The lowest BCUT2D eigenvalue weighted by atomic mass is 10.2. The van der Waals surface area contributed by atoms with E-state index in [0.29, 0.717) is 0 Å². The minimum Gasteiger partial charge on any atom is -0.0778 e. The predicted molar refractivity (Wildman–Crippen MR) is 41.1 cm³/mol. The Labute approximate surface area is 53.6 Å². The highest BCUT2D eigenvalue weighted by atomic mass is 13.8. The zero-order valence-corrected chi connectivity index (χ0v) is 7.00. The number of hydrogen-bond donors (Lipinski definition) is 0. The zero-order chi connectivity index (χ0) is 7.15. The van der Waals surface area contributed by atoms with Crippen molar-refractivity contribution in [2.45, 2.75) is 41.5 Å². The van der Waals surface area contributed by atoms with Gasteiger partial charge in [0.25, 0.3) is 0 Å². The maximum atomic E-state index is 2.12. The fourth-order valence-corrected chi connectivity index (χ4v) is 0. The van der Waals surface area contributed by atoms with Crippen molar-refractivity contribution in [2.24, 2.45) is 0 Å². The van der Waals surface area contributed by atoms with Gasteiger partial charge in [-0.3, -0.25) is 0 Å². The molecular formula is C8H18. The molecule has 0 rings (SSSR count). The van der Waals surface area contributed by atoms with Crippen LogP contribution in [0.1, 0.15) is 41.5 Å². The molecule has 0 aromatic carbocycles. The van der Waals surface area contributed by atoms with Crippen molar-refractivity contribution in [1.29, 1.82) is 0 Å². The molecule has 0 aromatic rings. The summed E-state index contributed by atoms with van der Waals surface area (Å²) >= 11 is 0. The SMILES string of the molecule is CC.CC(C)=C(C)C. The lowest BCUT2D eigenvalue weighted by molar-refractivity contribution is 1.23. The van der Waals surface area contributed by atoms with Crippen LogP contribution in [-0.2, 0) is 0 Å². The van der Waals surface area contributed by atoms with Crippen LogP contribution in [0, 0.1) is 0 Å². The van der Waals surface area contributed by atoms with Crippen LogP contribution in [0.15, 0.2) is 11.1 Å². The van der Waals surface area contributed by atoms with E-state index in [-0.39, 0.29) is 0 Å². The van der Waals surface area contributed by atoms with Gasteiger partial charge in [-0.2, -0.15) is 0 Å². The molecule has 0 spiro atoms. The van der Waals surface area contributed by atoms with E-state index in [1.807, 2.05) is 13.8 Å². The molecule has 0 fully saturated rings. The first kappa shape index (κ1) is 10.7. The van der Waals surface area contributed by atoms with Gasteiger partial charge < -0.3 is 0 Å². The molecule has 8 heavy (non-hydrogen) atoms. The van der Waals surface area contributed by atoms with E-state index in [2.05, 4.69) is 27.7 Å². The van der Waals surface area contributed by atoms with Gasteiger partial charge in [-0.25, -0.2) is 0 Å². The minimum atomic E-state index is 1.43. The Morgan fingerprint density at radius 3 is 0.750 bits per heavy atom. The summed E-state index contributed by atoms with van der Waals surface area (Å²) in [4.78, 5) is 0.